The molecule has 1 N–H and O–H groups in total. The Labute approximate surface area is 65.8 Å². The van der Waals surface area contributed by atoms with E-state index in [1.807, 2.05) is 30.3 Å². The lowest BCUT2D eigenvalue weighted by atomic mass is 10.3. The molecule has 1 aromatic carbocycles. The van der Waals surface area contributed by atoms with Gasteiger partial charge in [0.15, 0.2) is 0 Å². The van der Waals surface area contributed by atoms with Gasteiger partial charge in [-0.25, -0.2) is 4.72 Å². The Bertz CT molecular complexity index is 178. The van der Waals surface area contributed by atoms with Gasteiger partial charge in [-0.15, -0.1) is 0 Å². The van der Waals surface area contributed by atoms with Gasteiger partial charge in [-0.05, 0) is 12.1 Å². The van der Waals surface area contributed by atoms with Crippen LogP contribution in [-0.2, 0) is 0 Å². The van der Waals surface area contributed by atoms with Crippen molar-refractivity contribution < 1.29 is 4.74 Å². The number of hydrogen-bond donors (Lipinski definition) is 2. The molecule has 0 atom stereocenters. The van der Waals surface area contributed by atoms with Crippen molar-refractivity contribution in [1.82, 2.24) is 4.72 Å². The molecule has 1 rings (SSSR count). The first-order valence-corrected chi connectivity index (χ1v) is 3.43. The van der Waals surface area contributed by atoms with Crippen molar-refractivity contribution >= 4 is 12.8 Å². The zero-order valence-corrected chi connectivity index (χ0v) is 6.34. The third-order valence-corrected chi connectivity index (χ3v) is 1.18. The third kappa shape index (κ3) is 2.29. The van der Waals surface area contributed by atoms with Gasteiger partial charge in [0.25, 0.3) is 0 Å². The Morgan fingerprint density at radius 2 is 2.00 bits per heavy atom. The highest BCUT2D eigenvalue weighted by atomic mass is 32.1. The summed E-state index contributed by atoms with van der Waals surface area (Å²) < 4.78 is 7.76. The molecule has 0 bridgehead atoms. The van der Waals surface area contributed by atoms with Gasteiger partial charge < -0.3 is 4.74 Å². The molecule has 0 unspecified atom stereocenters. The maximum atomic E-state index is 5.17. The molecule has 0 spiro atoms. The van der Waals surface area contributed by atoms with E-state index in [2.05, 4.69) is 17.5 Å². The summed E-state index contributed by atoms with van der Waals surface area (Å²) in [4.78, 5) is 0. The Kier molecular flexibility index (Phi) is 3.12. The number of para-hydroxylation sites is 1. The summed E-state index contributed by atoms with van der Waals surface area (Å²) in [5, 5.41) is 0. The van der Waals surface area contributed by atoms with Crippen LogP contribution in [0.3, 0.4) is 0 Å². The monoisotopic (exact) mass is 155 g/mol. The lowest BCUT2D eigenvalue weighted by Crippen LogP contribution is -2.08. The number of thiol groups is 1. The molecule has 10 heavy (non-hydrogen) atoms. The van der Waals surface area contributed by atoms with E-state index in [-0.39, 0.29) is 0 Å². The van der Waals surface area contributed by atoms with E-state index in [1.54, 1.807) is 0 Å². The minimum Gasteiger partial charge on any atom is -0.478 e. The molecule has 0 aromatic heterocycles. The van der Waals surface area contributed by atoms with E-state index >= 15 is 0 Å². The van der Waals surface area contributed by atoms with E-state index in [9.17, 15) is 0 Å². The van der Waals surface area contributed by atoms with E-state index in [0.29, 0.717) is 6.73 Å². The van der Waals surface area contributed by atoms with E-state index in [0.717, 1.165) is 5.75 Å². The van der Waals surface area contributed by atoms with Crippen LogP contribution in [-0.4, -0.2) is 6.73 Å². The maximum Gasteiger partial charge on any atom is 0.148 e. The van der Waals surface area contributed by atoms with Gasteiger partial charge in [-0.2, -0.15) is 0 Å². The van der Waals surface area contributed by atoms with E-state index in [4.69, 9.17) is 4.74 Å². The third-order valence-electron chi connectivity index (χ3n) is 1.05. The molecule has 0 saturated carbocycles. The molecule has 0 radical (unpaired) electrons. The lowest BCUT2D eigenvalue weighted by Gasteiger charge is -2.02. The molecule has 2 nitrogen and oxygen atoms in total. The molecular formula is C7H9NOS. The highest BCUT2D eigenvalue weighted by molar-refractivity contribution is 7.78. The van der Waals surface area contributed by atoms with Crippen LogP contribution in [0.5, 0.6) is 5.75 Å². The van der Waals surface area contributed by atoms with Gasteiger partial charge in [-0.3, -0.25) is 0 Å². The second-order valence-electron chi connectivity index (χ2n) is 1.76. The smallest absolute Gasteiger partial charge is 0.148 e. The van der Waals surface area contributed by atoms with Crippen molar-refractivity contribution in [2.75, 3.05) is 6.73 Å². The molecular weight excluding hydrogens is 146 g/mol. The van der Waals surface area contributed by atoms with Crippen LogP contribution in [0, 0.1) is 0 Å². The van der Waals surface area contributed by atoms with Crippen molar-refractivity contribution in [3.05, 3.63) is 30.3 Å². The molecule has 0 fully saturated rings. The van der Waals surface area contributed by atoms with Crippen molar-refractivity contribution in [1.29, 1.82) is 0 Å². The zero-order valence-electron chi connectivity index (χ0n) is 5.45. The fourth-order valence-corrected chi connectivity index (χ4v) is 0.697. The quantitative estimate of drug-likeness (QED) is 0.509. The minimum absolute atomic E-state index is 0.424. The van der Waals surface area contributed by atoms with E-state index in [1.165, 1.54) is 0 Å². The van der Waals surface area contributed by atoms with Crippen molar-refractivity contribution in [3.8, 4) is 5.75 Å². The highest BCUT2D eigenvalue weighted by Gasteiger charge is 1.86. The normalized spacial score (nSPS) is 9.30. The van der Waals surface area contributed by atoms with Crippen molar-refractivity contribution in [3.63, 3.8) is 0 Å². The molecule has 3 heteroatoms. The lowest BCUT2D eigenvalue weighted by molar-refractivity contribution is 0.317. The summed E-state index contributed by atoms with van der Waals surface area (Å²) in [6.07, 6.45) is 0. The van der Waals surface area contributed by atoms with Crippen molar-refractivity contribution in [2.24, 2.45) is 0 Å². The number of rotatable bonds is 3. The van der Waals surface area contributed by atoms with Crippen LogP contribution in [0.25, 0.3) is 0 Å². The van der Waals surface area contributed by atoms with Gasteiger partial charge in [0, 0.05) is 0 Å². The second-order valence-corrected chi connectivity index (χ2v) is 2.08. The summed E-state index contributed by atoms with van der Waals surface area (Å²) in [6, 6.07) is 9.58. The molecule has 0 aliphatic carbocycles. The first kappa shape index (κ1) is 7.44. The van der Waals surface area contributed by atoms with Gasteiger partial charge in [0.1, 0.15) is 12.5 Å². The van der Waals surface area contributed by atoms with Gasteiger partial charge in [0.05, 0.1) is 0 Å². The first-order valence-electron chi connectivity index (χ1n) is 2.98. The van der Waals surface area contributed by atoms with Crippen LogP contribution in [0.15, 0.2) is 30.3 Å². The maximum absolute atomic E-state index is 5.17. The number of benzene rings is 1. The molecule has 0 heterocycles. The summed E-state index contributed by atoms with van der Waals surface area (Å²) >= 11 is 3.78. The molecule has 1 aromatic rings. The second kappa shape index (κ2) is 4.19. The topological polar surface area (TPSA) is 21.3 Å². The minimum atomic E-state index is 0.424. The molecule has 0 saturated heterocycles. The summed E-state index contributed by atoms with van der Waals surface area (Å²) in [5.74, 6) is 0.851. The first-order chi connectivity index (χ1) is 4.93. The van der Waals surface area contributed by atoms with Crippen molar-refractivity contribution in [2.45, 2.75) is 0 Å². The fraction of sp³-hybridized carbons (Fsp3) is 0.143. The van der Waals surface area contributed by atoms with Crippen LogP contribution in [0.1, 0.15) is 0 Å². The number of nitrogens with one attached hydrogen (secondary N) is 1. The fourth-order valence-electron chi connectivity index (χ4n) is 0.632. The highest BCUT2D eigenvalue weighted by Crippen LogP contribution is 2.06. The van der Waals surface area contributed by atoms with Crippen LogP contribution in [0.2, 0.25) is 0 Å². The molecule has 0 amide bonds. The SMILES string of the molecule is SNCOc1ccccc1. The number of hydrogen-bond acceptors (Lipinski definition) is 3. The average Bonchev–Trinajstić information content (AvgIpc) is 2.03. The summed E-state index contributed by atoms with van der Waals surface area (Å²) in [6.45, 7) is 0.424. The molecule has 0 aliphatic heterocycles. The van der Waals surface area contributed by atoms with Gasteiger partial charge in [0.2, 0.25) is 0 Å². The Morgan fingerprint density at radius 3 is 2.60 bits per heavy atom. The predicted octanol–water partition coefficient (Wildman–Crippen LogP) is 1.46. The Hall–Kier alpha value is -0.670. The Morgan fingerprint density at radius 1 is 1.30 bits per heavy atom. The summed E-state index contributed by atoms with van der Waals surface area (Å²) in [7, 11) is 0. The Balaban J connectivity index is 2.43. The zero-order chi connectivity index (χ0) is 7.23. The van der Waals surface area contributed by atoms with E-state index < -0.39 is 0 Å². The predicted molar refractivity (Wildman–Crippen MR) is 44.1 cm³/mol. The number of ether oxygens (including phenoxy) is 1. The van der Waals surface area contributed by atoms with Crippen LogP contribution >= 0.6 is 12.8 Å². The largest absolute Gasteiger partial charge is 0.478 e. The average molecular weight is 155 g/mol. The molecule has 54 valence electrons. The standard InChI is InChI=1S/C7H9NOS/c10-8-6-9-7-4-2-1-3-5-7/h1-5,8,10H,6H2. The molecule has 0 aliphatic rings. The van der Waals surface area contributed by atoms with Crippen LogP contribution in [0.4, 0.5) is 0 Å². The van der Waals surface area contributed by atoms with Gasteiger partial charge >= 0.3 is 0 Å². The summed E-state index contributed by atoms with van der Waals surface area (Å²) in [5.41, 5.74) is 0. The van der Waals surface area contributed by atoms with Gasteiger partial charge in [-0.1, -0.05) is 31.0 Å². The van der Waals surface area contributed by atoms with Crippen LogP contribution < -0.4 is 9.46 Å².